The smallest absolute Gasteiger partial charge is 0.310 e. The molecule has 1 unspecified atom stereocenters. The highest BCUT2D eigenvalue weighted by Gasteiger charge is 2.20. The number of carboxylic acid groups (broad SMARTS) is 1. The van der Waals surface area contributed by atoms with Crippen molar-refractivity contribution in [3.05, 3.63) is 12.2 Å². The average molecular weight is 140 g/mol. The Hall–Kier alpha value is -1.12. The molecule has 0 aromatic rings. The summed E-state index contributed by atoms with van der Waals surface area (Å²) in [4.78, 5) is 21.0. The minimum atomic E-state index is -0.913. The van der Waals surface area contributed by atoms with Crippen LogP contribution in [-0.4, -0.2) is 16.9 Å². The van der Waals surface area contributed by atoms with E-state index in [1.54, 1.807) is 12.2 Å². The van der Waals surface area contributed by atoms with E-state index < -0.39 is 11.9 Å². The molecule has 1 aliphatic rings. The van der Waals surface area contributed by atoms with Crippen LogP contribution in [0.2, 0.25) is 0 Å². The van der Waals surface area contributed by atoms with Gasteiger partial charge < -0.3 is 5.11 Å². The first-order valence-electron chi connectivity index (χ1n) is 3.11. The van der Waals surface area contributed by atoms with Crippen molar-refractivity contribution >= 4 is 11.8 Å². The van der Waals surface area contributed by atoms with E-state index in [0.29, 0.717) is 6.42 Å². The van der Waals surface area contributed by atoms with Crippen molar-refractivity contribution in [2.75, 3.05) is 0 Å². The molecule has 1 atom stereocenters. The van der Waals surface area contributed by atoms with Gasteiger partial charge in [-0.1, -0.05) is 12.2 Å². The molecule has 1 rings (SSSR count). The van der Waals surface area contributed by atoms with Gasteiger partial charge in [-0.15, -0.1) is 0 Å². The molecule has 0 fully saturated rings. The molecule has 1 N–H and O–H groups in total. The lowest BCUT2D eigenvalue weighted by Crippen LogP contribution is -2.18. The summed E-state index contributed by atoms with van der Waals surface area (Å²) in [6, 6.07) is 0. The Morgan fingerprint density at radius 3 is 2.80 bits per heavy atom. The van der Waals surface area contributed by atoms with Crippen molar-refractivity contribution in [2.45, 2.75) is 12.8 Å². The van der Waals surface area contributed by atoms with Crippen LogP contribution in [0, 0.1) is 5.92 Å². The van der Waals surface area contributed by atoms with Crippen molar-refractivity contribution in [2.24, 2.45) is 5.92 Å². The molecule has 0 heterocycles. The van der Waals surface area contributed by atoms with Crippen molar-refractivity contribution in [1.29, 1.82) is 0 Å². The number of carboxylic acids is 1. The molecular weight excluding hydrogens is 132 g/mol. The summed E-state index contributed by atoms with van der Waals surface area (Å²) in [5.41, 5.74) is 0. The van der Waals surface area contributed by atoms with Gasteiger partial charge in [-0.25, -0.2) is 0 Å². The second-order valence-electron chi connectivity index (χ2n) is 2.32. The fourth-order valence-electron chi connectivity index (χ4n) is 0.930. The van der Waals surface area contributed by atoms with E-state index >= 15 is 0 Å². The zero-order chi connectivity index (χ0) is 7.56. The van der Waals surface area contributed by atoms with E-state index in [-0.39, 0.29) is 12.2 Å². The van der Waals surface area contributed by atoms with Gasteiger partial charge in [0, 0.05) is 12.8 Å². The number of allylic oxidation sites excluding steroid dienone is 1. The summed E-state index contributed by atoms with van der Waals surface area (Å²) in [6.45, 7) is 0. The van der Waals surface area contributed by atoms with Crippen molar-refractivity contribution in [1.82, 2.24) is 0 Å². The van der Waals surface area contributed by atoms with E-state index in [2.05, 4.69) is 0 Å². The average Bonchev–Trinajstić information content (AvgIpc) is 1.88. The second-order valence-corrected chi connectivity index (χ2v) is 2.32. The van der Waals surface area contributed by atoms with E-state index in [0.717, 1.165) is 0 Å². The fourth-order valence-corrected chi connectivity index (χ4v) is 0.930. The van der Waals surface area contributed by atoms with Crippen molar-refractivity contribution in [3.63, 3.8) is 0 Å². The van der Waals surface area contributed by atoms with Gasteiger partial charge in [-0.05, 0) is 0 Å². The molecule has 3 nitrogen and oxygen atoms in total. The van der Waals surface area contributed by atoms with Gasteiger partial charge in [0.15, 0.2) is 0 Å². The molecule has 0 amide bonds. The third kappa shape index (κ3) is 1.43. The molecule has 0 bridgehead atoms. The molecule has 0 spiro atoms. The molecule has 10 heavy (non-hydrogen) atoms. The summed E-state index contributed by atoms with van der Waals surface area (Å²) >= 11 is 0. The lowest BCUT2D eigenvalue weighted by molar-refractivity contribution is -0.142. The van der Waals surface area contributed by atoms with Gasteiger partial charge in [0.25, 0.3) is 0 Å². The number of ketones is 1. The van der Waals surface area contributed by atoms with Gasteiger partial charge in [0.1, 0.15) is 5.78 Å². The zero-order valence-electron chi connectivity index (χ0n) is 5.41. The molecule has 0 aromatic carbocycles. The third-order valence-electron chi connectivity index (χ3n) is 1.48. The van der Waals surface area contributed by atoms with E-state index in [1.807, 2.05) is 0 Å². The van der Waals surface area contributed by atoms with Crippen LogP contribution in [0.1, 0.15) is 12.8 Å². The fraction of sp³-hybridized carbons (Fsp3) is 0.429. The zero-order valence-corrected chi connectivity index (χ0v) is 5.41. The van der Waals surface area contributed by atoms with Gasteiger partial charge in [-0.3, -0.25) is 9.59 Å². The molecule has 0 aliphatic heterocycles. The normalized spacial score (nSPS) is 24.8. The van der Waals surface area contributed by atoms with Crippen LogP contribution in [0.3, 0.4) is 0 Å². The van der Waals surface area contributed by atoms with E-state index in [4.69, 9.17) is 5.11 Å². The number of hydrogen-bond acceptors (Lipinski definition) is 2. The first-order chi connectivity index (χ1) is 4.70. The maximum absolute atomic E-state index is 10.7. The number of aliphatic carboxylic acids is 1. The Labute approximate surface area is 58.4 Å². The first-order valence-corrected chi connectivity index (χ1v) is 3.11. The minimum absolute atomic E-state index is 0.00917. The Balaban J connectivity index is 2.64. The topological polar surface area (TPSA) is 54.4 Å². The molecule has 3 heteroatoms. The number of rotatable bonds is 1. The van der Waals surface area contributed by atoms with Gasteiger partial charge in [0.05, 0.1) is 5.92 Å². The van der Waals surface area contributed by atoms with Crippen LogP contribution >= 0.6 is 0 Å². The predicted molar refractivity (Wildman–Crippen MR) is 34.5 cm³/mol. The third-order valence-corrected chi connectivity index (χ3v) is 1.48. The van der Waals surface area contributed by atoms with Crippen LogP contribution in [0.15, 0.2) is 12.2 Å². The van der Waals surface area contributed by atoms with E-state index in [1.165, 1.54) is 0 Å². The molecule has 0 saturated heterocycles. The number of Topliss-reactive ketones (excluding diaryl/α,β-unsaturated/α-hetero) is 1. The first kappa shape index (κ1) is 6.99. The highest BCUT2D eigenvalue weighted by molar-refractivity contribution is 5.87. The quantitative estimate of drug-likeness (QED) is 0.543. The number of carbonyl (C=O) groups excluding carboxylic acids is 1. The van der Waals surface area contributed by atoms with Crippen LogP contribution in [-0.2, 0) is 9.59 Å². The lowest BCUT2D eigenvalue weighted by Gasteiger charge is -2.09. The highest BCUT2D eigenvalue weighted by Crippen LogP contribution is 2.13. The Bertz CT molecular complexity index is 193. The highest BCUT2D eigenvalue weighted by atomic mass is 16.4. The standard InChI is InChI=1S/C7H8O3/c8-6-3-1-2-5(4-6)7(9)10/h1-2,5H,3-4H2,(H,9,10). The Morgan fingerprint density at radius 2 is 2.40 bits per heavy atom. The van der Waals surface area contributed by atoms with Crippen LogP contribution in [0.5, 0.6) is 0 Å². The van der Waals surface area contributed by atoms with Crippen molar-refractivity contribution < 1.29 is 14.7 Å². The molecule has 0 saturated carbocycles. The summed E-state index contributed by atoms with van der Waals surface area (Å²) in [6.07, 6.45) is 3.74. The largest absolute Gasteiger partial charge is 0.481 e. The summed E-state index contributed by atoms with van der Waals surface area (Å²) in [5.74, 6) is -1.49. The van der Waals surface area contributed by atoms with E-state index in [9.17, 15) is 9.59 Å². The molecule has 1 aliphatic carbocycles. The maximum Gasteiger partial charge on any atom is 0.310 e. The summed E-state index contributed by atoms with van der Waals surface area (Å²) < 4.78 is 0. The number of hydrogen-bond donors (Lipinski definition) is 1. The Kier molecular flexibility index (Phi) is 1.85. The maximum atomic E-state index is 10.7. The summed E-state index contributed by atoms with van der Waals surface area (Å²) in [5, 5.41) is 8.45. The van der Waals surface area contributed by atoms with Gasteiger partial charge >= 0.3 is 5.97 Å². The van der Waals surface area contributed by atoms with Gasteiger partial charge in [-0.2, -0.15) is 0 Å². The SMILES string of the molecule is O=C1CC=CC(C(=O)O)C1. The molecule has 54 valence electrons. The van der Waals surface area contributed by atoms with Crippen LogP contribution < -0.4 is 0 Å². The Morgan fingerprint density at radius 1 is 1.70 bits per heavy atom. The molecule has 0 aromatic heterocycles. The molecule has 0 radical (unpaired) electrons. The summed E-state index contributed by atoms with van der Waals surface area (Å²) in [7, 11) is 0. The second kappa shape index (κ2) is 2.64. The predicted octanol–water partition coefficient (Wildman–Crippen LogP) is 0.606. The van der Waals surface area contributed by atoms with Crippen LogP contribution in [0.25, 0.3) is 0 Å². The van der Waals surface area contributed by atoms with Crippen molar-refractivity contribution in [3.8, 4) is 0 Å². The molecular formula is C7H8O3. The number of carbonyl (C=O) groups is 2. The van der Waals surface area contributed by atoms with Gasteiger partial charge in [0.2, 0.25) is 0 Å². The minimum Gasteiger partial charge on any atom is -0.481 e. The monoisotopic (exact) mass is 140 g/mol. The van der Waals surface area contributed by atoms with Crippen LogP contribution in [0.4, 0.5) is 0 Å². The lowest BCUT2D eigenvalue weighted by atomic mass is 9.95.